The van der Waals surface area contributed by atoms with Crippen LogP contribution >= 0.6 is 7.75 Å². The lowest BCUT2D eigenvalue weighted by Crippen LogP contribution is -2.50. The van der Waals surface area contributed by atoms with Crippen LogP contribution < -0.4 is 14.9 Å². The number of hydrogen-bond acceptors (Lipinski definition) is 11. The standard InChI is InChI=1S/C23H31N6O9P/c1-14(2)36-22(33)15(3)27-39(34,38-17-8-6-5-7-9-17)35-13-23(12-25-28-24)20(32)19(31)21(37-23)29-11-10-18(30)26-16(29)4/h5-11,14-15,19-21,31-32H,4,12-13H2,1-3H3,(H,26,30)(H,27,34)/t15?,19-,20+,21-,23-,39?/m1/s1. The van der Waals surface area contributed by atoms with E-state index in [0.717, 1.165) is 6.08 Å². The predicted octanol–water partition coefficient (Wildman–Crippen LogP) is 1.66. The molecule has 1 amide bonds. The summed E-state index contributed by atoms with van der Waals surface area (Å²) in [5.74, 6) is -0.989. The summed E-state index contributed by atoms with van der Waals surface area (Å²) in [6.07, 6.45) is -2.62. The Balaban J connectivity index is 1.89. The molecule has 0 saturated carbocycles. The normalized spacial score (nSPS) is 26.9. The molecule has 1 fully saturated rings. The number of nitrogens with one attached hydrogen (secondary N) is 2. The van der Waals surface area contributed by atoms with Crippen LogP contribution in [0, 0.1) is 0 Å². The number of carbonyl (C=O) groups excluding carboxylic acids is 2. The van der Waals surface area contributed by atoms with Gasteiger partial charge < -0.3 is 34.4 Å². The van der Waals surface area contributed by atoms with E-state index in [0.29, 0.717) is 0 Å². The zero-order valence-corrected chi connectivity index (χ0v) is 22.4. The van der Waals surface area contributed by atoms with Crippen molar-refractivity contribution in [3.8, 4) is 5.75 Å². The number of carbonyl (C=O) groups is 2. The number of aliphatic hydroxyl groups excluding tert-OH is 2. The molecule has 2 aliphatic heterocycles. The average Bonchev–Trinajstić information content (AvgIpc) is 3.12. The van der Waals surface area contributed by atoms with Gasteiger partial charge in [0, 0.05) is 17.2 Å². The SMILES string of the molecule is C=C1NC(=O)C=CN1[C@@H]1O[C@](CN=[N+]=[N-])(COP(=O)(NC(C)C(=O)OC(C)C)Oc2ccccc2)[C@@H](O)[C@H]1O. The van der Waals surface area contributed by atoms with Crippen LogP contribution in [-0.4, -0.2) is 76.3 Å². The largest absolute Gasteiger partial charge is 0.462 e. The van der Waals surface area contributed by atoms with E-state index in [1.807, 2.05) is 0 Å². The van der Waals surface area contributed by atoms with Crippen LogP contribution in [0.4, 0.5) is 0 Å². The highest BCUT2D eigenvalue weighted by atomic mass is 31.2. The van der Waals surface area contributed by atoms with Gasteiger partial charge in [-0.15, -0.1) is 0 Å². The number of esters is 1. The van der Waals surface area contributed by atoms with E-state index in [-0.39, 0.29) is 11.6 Å². The predicted molar refractivity (Wildman–Crippen MR) is 136 cm³/mol. The minimum absolute atomic E-state index is 0.0523. The quantitative estimate of drug-likeness (QED) is 0.0941. The van der Waals surface area contributed by atoms with Crippen molar-refractivity contribution >= 4 is 19.6 Å². The summed E-state index contributed by atoms with van der Waals surface area (Å²) in [6, 6.07) is 6.83. The first-order chi connectivity index (χ1) is 18.4. The molecule has 1 aromatic carbocycles. The van der Waals surface area contributed by atoms with Gasteiger partial charge in [0.25, 0.3) is 5.91 Å². The molecule has 6 atom stereocenters. The van der Waals surface area contributed by atoms with E-state index in [1.54, 1.807) is 32.0 Å². The van der Waals surface area contributed by atoms with Gasteiger partial charge in [0.15, 0.2) is 6.23 Å². The van der Waals surface area contributed by atoms with E-state index in [1.165, 1.54) is 30.2 Å². The van der Waals surface area contributed by atoms with Crippen molar-refractivity contribution in [2.45, 2.75) is 57.0 Å². The van der Waals surface area contributed by atoms with E-state index in [4.69, 9.17) is 24.1 Å². The molecule has 39 heavy (non-hydrogen) atoms. The molecule has 15 nitrogen and oxygen atoms in total. The molecule has 1 aromatic rings. The van der Waals surface area contributed by atoms with Crippen molar-refractivity contribution in [2.24, 2.45) is 5.11 Å². The van der Waals surface area contributed by atoms with Crippen LogP contribution in [0.15, 0.2) is 60.1 Å². The molecule has 3 rings (SSSR count). The van der Waals surface area contributed by atoms with Crippen LogP contribution in [0.25, 0.3) is 10.4 Å². The summed E-state index contributed by atoms with van der Waals surface area (Å²) < 4.78 is 36.2. The lowest BCUT2D eigenvalue weighted by molar-refractivity contribution is -0.149. The van der Waals surface area contributed by atoms with Gasteiger partial charge in [0.2, 0.25) is 0 Å². The van der Waals surface area contributed by atoms with E-state index < -0.39 is 69.0 Å². The molecule has 0 radical (unpaired) electrons. The lowest BCUT2D eigenvalue weighted by Gasteiger charge is -2.34. The van der Waals surface area contributed by atoms with Crippen molar-refractivity contribution < 1.29 is 42.9 Å². The van der Waals surface area contributed by atoms with Crippen LogP contribution in [-0.2, 0) is 28.2 Å². The number of azide groups is 1. The van der Waals surface area contributed by atoms with Gasteiger partial charge in [-0.05, 0) is 38.4 Å². The van der Waals surface area contributed by atoms with Gasteiger partial charge in [-0.2, -0.15) is 5.09 Å². The number of benzene rings is 1. The summed E-state index contributed by atoms with van der Waals surface area (Å²) in [4.78, 5) is 28.0. The van der Waals surface area contributed by atoms with E-state index >= 15 is 0 Å². The fourth-order valence-corrected chi connectivity index (χ4v) is 5.32. The van der Waals surface area contributed by atoms with Crippen molar-refractivity contribution in [3.63, 3.8) is 0 Å². The fraction of sp³-hybridized carbons (Fsp3) is 0.478. The number of aliphatic hydroxyl groups is 2. The zero-order valence-electron chi connectivity index (χ0n) is 21.5. The van der Waals surface area contributed by atoms with Crippen LogP contribution in [0.1, 0.15) is 20.8 Å². The number of amides is 1. The number of ether oxygens (including phenoxy) is 2. The number of hydrogen-bond donors (Lipinski definition) is 4. The van der Waals surface area contributed by atoms with Gasteiger partial charge in [-0.25, -0.2) is 4.57 Å². The van der Waals surface area contributed by atoms with Gasteiger partial charge >= 0.3 is 13.7 Å². The first-order valence-corrected chi connectivity index (χ1v) is 13.4. The van der Waals surface area contributed by atoms with Crippen molar-refractivity contribution in [1.29, 1.82) is 0 Å². The topological polar surface area (TPSA) is 205 Å². The molecule has 2 heterocycles. The van der Waals surface area contributed by atoms with Crippen LogP contribution in [0.5, 0.6) is 5.75 Å². The Labute approximate surface area is 224 Å². The second-order valence-electron chi connectivity index (χ2n) is 9.07. The molecule has 1 saturated heterocycles. The van der Waals surface area contributed by atoms with Gasteiger partial charge in [-0.1, -0.05) is 29.9 Å². The first kappa shape index (κ1) is 30.1. The summed E-state index contributed by atoms with van der Waals surface area (Å²) in [5, 5.41) is 30.3. The summed E-state index contributed by atoms with van der Waals surface area (Å²) in [7, 11) is -4.40. The van der Waals surface area contributed by atoms with E-state index in [2.05, 4.69) is 27.0 Å². The molecule has 2 aliphatic rings. The summed E-state index contributed by atoms with van der Waals surface area (Å²) in [6.45, 7) is 7.13. The summed E-state index contributed by atoms with van der Waals surface area (Å²) >= 11 is 0. The Morgan fingerprint density at radius 1 is 1.36 bits per heavy atom. The van der Waals surface area contributed by atoms with Gasteiger partial charge in [-0.3, -0.25) is 14.1 Å². The molecule has 0 aromatic heterocycles. The number of para-hydroxylation sites is 1. The third-order valence-electron chi connectivity index (χ3n) is 5.66. The highest BCUT2D eigenvalue weighted by Gasteiger charge is 2.57. The highest BCUT2D eigenvalue weighted by molar-refractivity contribution is 7.52. The van der Waals surface area contributed by atoms with Crippen molar-refractivity contribution in [3.05, 3.63) is 65.5 Å². The minimum Gasteiger partial charge on any atom is -0.462 e. The van der Waals surface area contributed by atoms with Crippen molar-refractivity contribution in [1.82, 2.24) is 15.3 Å². The molecule has 212 valence electrons. The molecular formula is C23H31N6O9P. The molecule has 16 heteroatoms. The molecule has 2 unspecified atom stereocenters. The summed E-state index contributed by atoms with van der Waals surface area (Å²) in [5.41, 5.74) is 7.02. The lowest BCUT2D eigenvalue weighted by atomic mass is 9.96. The number of nitrogens with zero attached hydrogens (tertiary/aromatic N) is 4. The van der Waals surface area contributed by atoms with E-state index in [9.17, 15) is 24.4 Å². The maximum absolute atomic E-state index is 13.9. The third-order valence-corrected chi connectivity index (χ3v) is 7.28. The third kappa shape index (κ3) is 7.37. The maximum Gasteiger partial charge on any atom is 0.459 e. The molecule has 0 aliphatic carbocycles. The molecule has 4 N–H and O–H groups in total. The first-order valence-electron chi connectivity index (χ1n) is 11.9. The Hall–Kier alpha value is -3.42. The monoisotopic (exact) mass is 566 g/mol. The smallest absolute Gasteiger partial charge is 0.459 e. The molecule has 0 bridgehead atoms. The second-order valence-corrected chi connectivity index (χ2v) is 10.8. The Morgan fingerprint density at radius 3 is 2.67 bits per heavy atom. The zero-order chi connectivity index (χ0) is 28.8. The number of rotatable bonds is 12. The molecule has 0 spiro atoms. The highest BCUT2D eigenvalue weighted by Crippen LogP contribution is 2.47. The average molecular weight is 567 g/mol. The second kappa shape index (κ2) is 12.6. The van der Waals surface area contributed by atoms with Gasteiger partial charge in [0.1, 0.15) is 35.4 Å². The Morgan fingerprint density at radius 2 is 2.05 bits per heavy atom. The maximum atomic E-state index is 13.9. The fourth-order valence-electron chi connectivity index (χ4n) is 3.77. The Kier molecular flexibility index (Phi) is 9.75. The van der Waals surface area contributed by atoms with Crippen molar-refractivity contribution in [2.75, 3.05) is 13.2 Å². The minimum atomic E-state index is -4.40. The van der Waals surface area contributed by atoms with Crippen LogP contribution in [0.3, 0.4) is 0 Å². The Bertz CT molecular complexity index is 1190. The molecular weight excluding hydrogens is 535 g/mol. The van der Waals surface area contributed by atoms with Gasteiger partial charge in [0.05, 0.1) is 19.3 Å². The van der Waals surface area contributed by atoms with Crippen LogP contribution in [0.2, 0.25) is 0 Å².